The zero-order valence-corrected chi connectivity index (χ0v) is 13.0. The number of halogens is 1. The van der Waals surface area contributed by atoms with E-state index in [1.165, 1.54) is 0 Å². The first-order valence-corrected chi connectivity index (χ1v) is 7.40. The number of aliphatic hydroxyl groups is 2. The average Bonchev–Trinajstić information content (AvgIpc) is 2.67. The van der Waals surface area contributed by atoms with Crippen LogP contribution < -0.4 is 0 Å². The van der Waals surface area contributed by atoms with Crippen molar-refractivity contribution in [2.24, 2.45) is 13.0 Å². The molecular formula is C14H25ClN2O2. The highest BCUT2D eigenvalue weighted by molar-refractivity contribution is 6.31. The van der Waals surface area contributed by atoms with Crippen LogP contribution in [-0.4, -0.2) is 32.2 Å². The number of hydrogen-bond donors (Lipinski definition) is 2. The van der Waals surface area contributed by atoms with E-state index in [0.29, 0.717) is 11.4 Å². The van der Waals surface area contributed by atoms with Crippen LogP contribution in [0.4, 0.5) is 0 Å². The van der Waals surface area contributed by atoms with Gasteiger partial charge in [-0.15, -0.1) is 0 Å². The van der Waals surface area contributed by atoms with E-state index in [0.717, 1.165) is 30.7 Å². The van der Waals surface area contributed by atoms with Crippen molar-refractivity contribution in [3.05, 3.63) is 16.4 Å². The molecule has 0 aliphatic heterocycles. The fourth-order valence-corrected chi connectivity index (χ4v) is 2.82. The first-order chi connectivity index (χ1) is 8.96. The van der Waals surface area contributed by atoms with E-state index in [1.54, 1.807) is 4.68 Å². The minimum atomic E-state index is -0.803. The van der Waals surface area contributed by atoms with Crippen LogP contribution in [-0.2, 0) is 19.9 Å². The minimum Gasteiger partial charge on any atom is -0.390 e. The summed E-state index contributed by atoms with van der Waals surface area (Å²) in [5.74, 6) is 0.118. The molecule has 2 N–H and O–H groups in total. The van der Waals surface area contributed by atoms with Crippen LogP contribution in [0.2, 0.25) is 5.02 Å². The zero-order valence-electron chi connectivity index (χ0n) is 12.2. The monoisotopic (exact) mass is 288 g/mol. The van der Waals surface area contributed by atoms with Crippen LogP contribution in [0.15, 0.2) is 0 Å². The molecule has 1 aromatic rings. The number of hydrogen-bond acceptors (Lipinski definition) is 3. The number of rotatable bonds is 7. The van der Waals surface area contributed by atoms with Gasteiger partial charge in [-0.2, -0.15) is 5.10 Å². The van der Waals surface area contributed by atoms with E-state index in [2.05, 4.69) is 5.10 Å². The molecule has 110 valence electrons. The smallest absolute Gasteiger partial charge is 0.0857 e. The highest BCUT2D eigenvalue weighted by atomic mass is 35.5. The number of aromatic nitrogens is 2. The molecule has 0 saturated carbocycles. The lowest BCUT2D eigenvalue weighted by Crippen LogP contribution is -2.35. The van der Waals surface area contributed by atoms with E-state index in [1.807, 2.05) is 27.8 Å². The summed E-state index contributed by atoms with van der Waals surface area (Å²) in [5.41, 5.74) is 1.62. The summed E-state index contributed by atoms with van der Waals surface area (Å²) in [7, 11) is 1.82. The van der Waals surface area contributed by atoms with Crippen molar-refractivity contribution in [3.8, 4) is 0 Å². The largest absolute Gasteiger partial charge is 0.390 e. The maximum absolute atomic E-state index is 10.2. The van der Waals surface area contributed by atoms with E-state index < -0.39 is 12.2 Å². The lowest BCUT2D eigenvalue weighted by Gasteiger charge is -2.25. The maximum Gasteiger partial charge on any atom is 0.0857 e. The van der Waals surface area contributed by atoms with Crippen molar-refractivity contribution in [2.75, 3.05) is 0 Å². The van der Waals surface area contributed by atoms with Crippen molar-refractivity contribution in [2.45, 2.75) is 58.7 Å². The van der Waals surface area contributed by atoms with Gasteiger partial charge in [0.15, 0.2) is 0 Å². The molecule has 0 aliphatic carbocycles. The van der Waals surface area contributed by atoms with Gasteiger partial charge in [0.25, 0.3) is 0 Å². The molecule has 1 heterocycles. The number of aliphatic hydroxyl groups excluding tert-OH is 2. The molecule has 4 nitrogen and oxygen atoms in total. The molecule has 0 bridgehead atoms. The van der Waals surface area contributed by atoms with E-state index in [4.69, 9.17) is 11.6 Å². The Morgan fingerprint density at radius 3 is 2.21 bits per heavy atom. The Labute approximate surface area is 120 Å². The van der Waals surface area contributed by atoms with Gasteiger partial charge in [0.2, 0.25) is 0 Å². The van der Waals surface area contributed by atoms with Crippen LogP contribution >= 0.6 is 11.6 Å². The topological polar surface area (TPSA) is 58.3 Å². The summed E-state index contributed by atoms with van der Waals surface area (Å²) in [5, 5.41) is 25.3. The Hall–Kier alpha value is -0.580. The van der Waals surface area contributed by atoms with Crippen molar-refractivity contribution >= 4 is 11.6 Å². The molecule has 19 heavy (non-hydrogen) atoms. The third-order valence-electron chi connectivity index (χ3n) is 3.83. The SMILES string of the molecule is CCc1nn(C)c(CC(O)C(O)C(CC)CC)c1Cl. The van der Waals surface area contributed by atoms with E-state index in [9.17, 15) is 10.2 Å². The van der Waals surface area contributed by atoms with Crippen LogP contribution in [0.3, 0.4) is 0 Å². The van der Waals surface area contributed by atoms with Crippen molar-refractivity contribution in [1.29, 1.82) is 0 Å². The number of aryl methyl sites for hydroxylation is 2. The van der Waals surface area contributed by atoms with Gasteiger partial charge in [0, 0.05) is 13.5 Å². The molecule has 0 fully saturated rings. The van der Waals surface area contributed by atoms with Crippen LogP contribution in [0.5, 0.6) is 0 Å². The van der Waals surface area contributed by atoms with Crippen molar-refractivity contribution in [3.63, 3.8) is 0 Å². The standard InChI is InChI=1S/C14H25ClN2O2/c1-5-9(6-2)14(19)12(18)8-11-13(15)10(7-3)16-17(11)4/h9,12,14,18-19H,5-8H2,1-4H3. The average molecular weight is 289 g/mol. The van der Waals surface area contributed by atoms with Crippen LogP contribution in [0.1, 0.15) is 45.0 Å². The Balaban J connectivity index is 2.82. The number of nitrogens with zero attached hydrogens (tertiary/aromatic N) is 2. The molecule has 1 rings (SSSR count). The van der Waals surface area contributed by atoms with Gasteiger partial charge >= 0.3 is 0 Å². The lowest BCUT2D eigenvalue weighted by atomic mass is 9.91. The molecule has 2 unspecified atom stereocenters. The fourth-order valence-electron chi connectivity index (χ4n) is 2.45. The molecule has 0 aromatic carbocycles. The molecule has 0 spiro atoms. The normalized spacial score (nSPS) is 14.9. The third kappa shape index (κ3) is 3.71. The molecule has 2 atom stereocenters. The maximum atomic E-state index is 10.2. The highest BCUT2D eigenvalue weighted by Crippen LogP contribution is 2.24. The van der Waals surface area contributed by atoms with Crippen LogP contribution in [0.25, 0.3) is 0 Å². The highest BCUT2D eigenvalue weighted by Gasteiger charge is 2.26. The predicted molar refractivity (Wildman–Crippen MR) is 77.4 cm³/mol. The van der Waals surface area contributed by atoms with Gasteiger partial charge in [-0.1, -0.05) is 45.2 Å². The summed E-state index contributed by atoms with van der Waals surface area (Å²) in [6.07, 6.45) is 1.29. The van der Waals surface area contributed by atoms with E-state index in [-0.39, 0.29) is 5.92 Å². The van der Waals surface area contributed by atoms with Crippen molar-refractivity contribution in [1.82, 2.24) is 9.78 Å². The van der Waals surface area contributed by atoms with Gasteiger partial charge in [-0.3, -0.25) is 4.68 Å². The molecule has 5 heteroatoms. The summed E-state index contributed by atoms with van der Waals surface area (Å²) < 4.78 is 1.70. The second-order valence-corrected chi connectivity index (χ2v) is 5.40. The first-order valence-electron chi connectivity index (χ1n) is 7.02. The molecular weight excluding hydrogens is 264 g/mol. The van der Waals surface area contributed by atoms with Crippen molar-refractivity contribution < 1.29 is 10.2 Å². The van der Waals surface area contributed by atoms with E-state index >= 15 is 0 Å². The molecule has 0 aliphatic rings. The Morgan fingerprint density at radius 2 is 1.79 bits per heavy atom. The first kappa shape index (κ1) is 16.5. The second-order valence-electron chi connectivity index (χ2n) is 5.02. The summed E-state index contributed by atoms with van der Waals surface area (Å²) >= 11 is 6.25. The molecule has 1 aromatic heterocycles. The molecule has 0 amide bonds. The summed E-state index contributed by atoms with van der Waals surface area (Å²) in [6.45, 7) is 6.04. The fraction of sp³-hybridized carbons (Fsp3) is 0.786. The van der Waals surface area contributed by atoms with Crippen LogP contribution in [0, 0.1) is 5.92 Å². The van der Waals surface area contributed by atoms with Gasteiger partial charge in [-0.05, 0) is 12.3 Å². The van der Waals surface area contributed by atoms with Gasteiger partial charge in [0.05, 0.1) is 28.6 Å². The summed E-state index contributed by atoms with van der Waals surface area (Å²) in [6, 6.07) is 0. The summed E-state index contributed by atoms with van der Waals surface area (Å²) in [4.78, 5) is 0. The molecule has 0 radical (unpaired) electrons. The van der Waals surface area contributed by atoms with Gasteiger partial charge < -0.3 is 10.2 Å². The third-order valence-corrected chi connectivity index (χ3v) is 4.27. The van der Waals surface area contributed by atoms with Gasteiger partial charge in [0.1, 0.15) is 0 Å². The predicted octanol–water partition coefficient (Wildman–Crippen LogP) is 2.34. The minimum absolute atomic E-state index is 0.118. The quantitative estimate of drug-likeness (QED) is 0.810. The second kappa shape index (κ2) is 7.27. The molecule has 0 saturated heterocycles. The lowest BCUT2D eigenvalue weighted by molar-refractivity contribution is -0.0195. The Bertz CT molecular complexity index is 402. The Kier molecular flexibility index (Phi) is 6.30. The zero-order chi connectivity index (χ0) is 14.6. The Morgan fingerprint density at radius 1 is 1.21 bits per heavy atom. The van der Waals surface area contributed by atoms with Gasteiger partial charge in [-0.25, -0.2) is 0 Å².